The molecule has 31 heavy (non-hydrogen) atoms. The molecule has 2 rings (SSSR count). The molecular formula is C12H30N4O13S2. The number of hydrogen-bond acceptors (Lipinski definition) is 13. The third-order valence-electron chi connectivity index (χ3n) is 4.22. The lowest BCUT2D eigenvalue weighted by molar-refractivity contribution is -0.268. The van der Waals surface area contributed by atoms with E-state index in [4.69, 9.17) is 67.5 Å². The molecule has 1 aliphatic carbocycles. The Morgan fingerprint density at radius 3 is 1.68 bits per heavy atom. The smallest absolute Gasteiger partial charge is 0.390 e. The maximum absolute atomic E-state index is 10.1. The number of aliphatic hydroxyl groups is 3. The van der Waals surface area contributed by atoms with Gasteiger partial charge in [-0.15, -0.1) is 0 Å². The van der Waals surface area contributed by atoms with Crippen molar-refractivity contribution in [3.05, 3.63) is 0 Å². The van der Waals surface area contributed by atoms with Gasteiger partial charge in [-0.3, -0.25) is 18.2 Å². The number of rotatable bonds is 3. The number of aliphatic hydroxyl groups excluding tert-OH is 3. The van der Waals surface area contributed by atoms with Crippen LogP contribution < -0.4 is 22.9 Å². The van der Waals surface area contributed by atoms with Gasteiger partial charge in [-0.05, 0) is 12.8 Å². The van der Waals surface area contributed by atoms with Crippen LogP contribution >= 0.6 is 0 Å². The summed E-state index contributed by atoms with van der Waals surface area (Å²) in [4.78, 5) is 0. The van der Waals surface area contributed by atoms with Crippen LogP contribution in [0.1, 0.15) is 12.8 Å². The monoisotopic (exact) mass is 502 g/mol. The second kappa shape index (κ2) is 12.6. The van der Waals surface area contributed by atoms with Crippen LogP contribution in [-0.4, -0.2) is 112 Å². The zero-order valence-electron chi connectivity index (χ0n) is 16.0. The second-order valence-corrected chi connectivity index (χ2v) is 8.58. The number of nitrogens with two attached hydrogens (primary N) is 4. The normalized spacial score (nSPS) is 38.9. The van der Waals surface area contributed by atoms with Crippen molar-refractivity contribution in [2.45, 2.75) is 67.8 Å². The molecular weight excluding hydrogens is 472 g/mol. The van der Waals surface area contributed by atoms with Crippen molar-refractivity contribution in [3.63, 3.8) is 0 Å². The maximum atomic E-state index is 10.1. The molecule has 0 amide bonds. The third kappa shape index (κ3) is 12.9. The molecule has 1 saturated carbocycles. The molecule has 1 aliphatic heterocycles. The molecule has 0 radical (unpaired) electrons. The molecule has 0 aromatic heterocycles. The molecule has 9 unspecified atom stereocenters. The summed E-state index contributed by atoms with van der Waals surface area (Å²) in [5, 5.41) is 29.7. The summed E-state index contributed by atoms with van der Waals surface area (Å²) >= 11 is 0. The van der Waals surface area contributed by atoms with Crippen molar-refractivity contribution in [1.82, 2.24) is 0 Å². The third-order valence-corrected chi connectivity index (χ3v) is 4.22. The molecule has 0 aromatic carbocycles. The molecule has 2 fully saturated rings. The van der Waals surface area contributed by atoms with E-state index < -0.39 is 75.7 Å². The molecule has 1 saturated heterocycles. The summed E-state index contributed by atoms with van der Waals surface area (Å²) in [5.74, 6) is 0. The fourth-order valence-corrected chi connectivity index (χ4v) is 2.88. The van der Waals surface area contributed by atoms with Gasteiger partial charge in [0.1, 0.15) is 12.2 Å². The van der Waals surface area contributed by atoms with Gasteiger partial charge in [0.05, 0.1) is 24.4 Å². The van der Waals surface area contributed by atoms with Gasteiger partial charge in [-0.25, -0.2) is 0 Å². The first-order valence-electron chi connectivity index (χ1n) is 8.56. The molecule has 2 aliphatic rings. The Hall–Kier alpha value is -0.620. The Kier molecular flexibility index (Phi) is 12.3. The van der Waals surface area contributed by atoms with Gasteiger partial charge in [0, 0.05) is 18.6 Å². The van der Waals surface area contributed by atoms with E-state index in [1.165, 1.54) is 0 Å². The molecule has 188 valence electrons. The average molecular weight is 503 g/mol. The minimum Gasteiger partial charge on any atom is -0.390 e. The lowest BCUT2D eigenvalue weighted by Crippen LogP contribution is -2.64. The van der Waals surface area contributed by atoms with Crippen molar-refractivity contribution >= 4 is 20.8 Å². The van der Waals surface area contributed by atoms with Crippen molar-refractivity contribution < 1.29 is 59.8 Å². The highest BCUT2D eigenvalue weighted by Crippen LogP contribution is 2.26. The minimum absolute atomic E-state index is 0.126. The summed E-state index contributed by atoms with van der Waals surface area (Å²) in [6, 6.07) is -1.72. The fraction of sp³-hybridized carbons (Fsp3) is 1.00. The summed E-state index contributed by atoms with van der Waals surface area (Å²) in [6.07, 6.45) is -4.79. The zero-order valence-corrected chi connectivity index (χ0v) is 17.7. The van der Waals surface area contributed by atoms with E-state index in [-0.39, 0.29) is 13.0 Å². The van der Waals surface area contributed by atoms with E-state index in [1.807, 2.05) is 0 Å². The Labute approximate surface area is 178 Å². The Balaban J connectivity index is 0.000000752. The van der Waals surface area contributed by atoms with Crippen LogP contribution in [0.25, 0.3) is 0 Å². The van der Waals surface area contributed by atoms with E-state index in [1.54, 1.807) is 0 Å². The Morgan fingerprint density at radius 2 is 1.26 bits per heavy atom. The lowest BCUT2D eigenvalue weighted by Gasteiger charge is -2.44. The van der Waals surface area contributed by atoms with Gasteiger partial charge >= 0.3 is 20.8 Å². The second-order valence-electron chi connectivity index (χ2n) is 6.79. The van der Waals surface area contributed by atoms with E-state index in [0.29, 0.717) is 6.42 Å². The molecule has 0 aromatic rings. The van der Waals surface area contributed by atoms with Crippen LogP contribution in [0.3, 0.4) is 0 Å². The highest BCUT2D eigenvalue weighted by atomic mass is 32.3. The minimum atomic E-state index is -4.67. The summed E-state index contributed by atoms with van der Waals surface area (Å²) < 4.78 is 74.4. The van der Waals surface area contributed by atoms with Crippen molar-refractivity contribution in [1.29, 1.82) is 0 Å². The van der Waals surface area contributed by atoms with Crippen molar-refractivity contribution in [2.75, 3.05) is 6.54 Å². The molecule has 0 spiro atoms. The van der Waals surface area contributed by atoms with E-state index in [2.05, 4.69) is 0 Å². The lowest BCUT2D eigenvalue weighted by atomic mass is 9.84. The molecule has 17 nitrogen and oxygen atoms in total. The Morgan fingerprint density at radius 1 is 0.806 bits per heavy atom. The van der Waals surface area contributed by atoms with Crippen LogP contribution in [0.15, 0.2) is 0 Å². The summed E-state index contributed by atoms with van der Waals surface area (Å²) in [5.41, 5.74) is 23.0. The number of ether oxygens (including phenoxy) is 2. The first-order chi connectivity index (χ1) is 13.8. The van der Waals surface area contributed by atoms with Crippen LogP contribution in [0.5, 0.6) is 0 Å². The van der Waals surface area contributed by atoms with Crippen LogP contribution in [0, 0.1) is 0 Å². The molecule has 0 bridgehead atoms. The van der Waals surface area contributed by atoms with Gasteiger partial charge in [-0.2, -0.15) is 16.8 Å². The highest BCUT2D eigenvalue weighted by Gasteiger charge is 2.45. The molecule has 15 N–H and O–H groups in total. The van der Waals surface area contributed by atoms with Crippen LogP contribution in [0.2, 0.25) is 0 Å². The van der Waals surface area contributed by atoms with Crippen LogP contribution in [0.4, 0.5) is 0 Å². The SMILES string of the molecule is NCC1OC(OC2C(N)CC(N)C(O)C2O)C(N)CC1O.O=S(=O)(O)O.O=S(=O)(O)O. The van der Waals surface area contributed by atoms with E-state index >= 15 is 0 Å². The topological polar surface area (TPSA) is 332 Å². The maximum Gasteiger partial charge on any atom is 0.394 e. The average Bonchev–Trinajstić information content (AvgIpc) is 2.55. The van der Waals surface area contributed by atoms with Crippen molar-refractivity contribution in [2.24, 2.45) is 22.9 Å². The first kappa shape index (κ1) is 30.4. The Bertz CT molecular complexity index is 693. The van der Waals surface area contributed by atoms with E-state index in [0.717, 1.165) is 0 Å². The molecule has 9 atom stereocenters. The fourth-order valence-electron chi connectivity index (χ4n) is 2.88. The molecule has 19 heteroatoms. The zero-order chi connectivity index (χ0) is 24.7. The van der Waals surface area contributed by atoms with Crippen molar-refractivity contribution in [3.8, 4) is 0 Å². The standard InChI is InChI=1S/C12H26N4O5.2H2O4S/c13-3-8-7(17)2-6(16)12(20-8)21-11-5(15)1-4(14)9(18)10(11)19;2*1-5(2,3)4/h4-12,17-19H,1-3,13-16H2;2*(H2,1,2,3,4). The van der Waals surface area contributed by atoms with Gasteiger partial charge in [0.25, 0.3) is 0 Å². The number of hydrogen-bond donors (Lipinski definition) is 11. The summed E-state index contributed by atoms with van der Waals surface area (Å²) in [6.45, 7) is 0.126. The van der Waals surface area contributed by atoms with Gasteiger partial charge in [-0.1, -0.05) is 0 Å². The van der Waals surface area contributed by atoms with Gasteiger partial charge < -0.3 is 47.7 Å². The largest absolute Gasteiger partial charge is 0.394 e. The van der Waals surface area contributed by atoms with Gasteiger partial charge in [0.2, 0.25) is 0 Å². The quantitative estimate of drug-likeness (QED) is 0.160. The predicted molar refractivity (Wildman–Crippen MR) is 102 cm³/mol. The predicted octanol–water partition coefficient (Wildman–Crippen LogP) is -5.39. The van der Waals surface area contributed by atoms with E-state index in [9.17, 15) is 15.3 Å². The van der Waals surface area contributed by atoms with Gasteiger partial charge in [0.15, 0.2) is 6.29 Å². The first-order valence-corrected chi connectivity index (χ1v) is 11.4. The highest BCUT2D eigenvalue weighted by molar-refractivity contribution is 7.80. The molecule has 1 heterocycles. The summed E-state index contributed by atoms with van der Waals surface area (Å²) in [7, 11) is -9.33. The van der Waals surface area contributed by atoms with Crippen LogP contribution in [-0.2, 0) is 30.3 Å².